The Morgan fingerprint density at radius 2 is 2.05 bits per heavy atom. The molecule has 0 saturated heterocycles. The maximum absolute atomic E-state index is 12.1. The smallest absolute Gasteiger partial charge is 0.410 e. The highest BCUT2D eigenvalue weighted by molar-refractivity contribution is 5.73. The molecule has 1 heterocycles. The lowest BCUT2D eigenvalue weighted by atomic mass is 10.1. The molecule has 0 bridgehead atoms. The minimum Gasteiger partial charge on any atom is -0.410 e. The third-order valence-corrected chi connectivity index (χ3v) is 2.77. The summed E-state index contributed by atoms with van der Waals surface area (Å²) in [6.07, 6.45) is 7.81. The van der Waals surface area contributed by atoms with Crippen LogP contribution < -0.4 is 4.74 Å². The lowest BCUT2D eigenvalue weighted by Crippen LogP contribution is -2.38. The first-order valence-corrected chi connectivity index (χ1v) is 6.21. The summed E-state index contributed by atoms with van der Waals surface area (Å²) in [6.45, 7) is 5.84. The normalized spacial score (nSPS) is 17.3. The van der Waals surface area contributed by atoms with Gasteiger partial charge in [-0.1, -0.05) is 35.9 Å². The molecule has 0 spiro atoms. The summed E-state index contributed by atoms with van der Waals surface area (Å²) in [6, 6.07) is 9.04. The zero-order valence-electron chi connectivity index (χ0n) is 11.0. The quantitative estimate of drug-likeness (QED) is 0.766. The van der Waals surface area contributed by atoms with Crippen molar-refractivity contribution in [3.63, 3.8) is 0 Å². The molecular formula is C16H17NO2. The molecule has 1 aliphatic heterocycles. The molecule has 0 aliphatic carbocycles. The van der Waals surface area contributed by atoms with Gasteiger partial charge in [0, 0.05) is 6.20 Å². The fourth-order valence-corrected chi connectivity index (χ4v) is 1.90. The molecule has 3 nitrogen and oxygen atoms in total. The number of benzene rings is 1. The molecule has 0 radical (unpaired) electrons. The highest BCUT2D eigenvalue weighted by Gasteiger charge is 2.22. The van der Waals surface area contributed by atoms with E-state index in [-0.39, 0.29) is 12.1 Å². The Morgan fingerprint density at radius 3 is 2.74 bits per heavy atom. The van der Waals surface area contributed by atoms with Crippen molar-refractivity contribution in [3.05, 3.63) is 66.9 Å². The van der Waals surface area contributed by atoms with Crippen LogP contribution in [0.25, 0.3) is 0 Å². The van der Waals surface area contributed by atoms with Crippen LogP contribution in [0.2, 0.25) is 0 Å². The molecule has 1 aromatic rings. The molecule has 19 heavy (non-hydrogen) atoms. The monoisotopic (exact) mass is 255 g/mol. The molecule has 1 aromatic carbocycles. The molecule has 2 rings (SSSR count). The van der Waals surface area contributed by atoms with Crippen LogP contribution in [-0.4, -0.2) is 17.0 Å². The van der Waals surface area contributed by atoms with E-state index >= 15 is 0 Å². The predicted molar refractivity (Wildman–Crippen MR) is 75.8 cm³/mol. The topological polar surface area (TPSA) is 29.5 Å². The zero-order chi connectivity index (χ0) is 13.7. The number of rotatable bonds is 3. The van der Waals surface area contributed by atoms with Crippen LogP contribution in [0, 0.1) is 0 Å². The lowest BCUT2D eigenvalue weighted by Gasteiger charge is -2.27. The van der Waals surface area contributed by atoms with Gasteiger partial charge in [-0.3, -0.25) is 4.90 Å². The van der Waals surface area contributed by atoms with Crippen molar-refractivity contribution in [1.82, 2.24) is 4.90 Å². The van der Waals surface area contributed by atoms with Crippen molar-refractivity contribution in [1.29, 1.82) is 0 Å². The highest BCUT2D eigenvalue weighted by atomic mass is 16.6. The van der Waals surface area contributed by atoms with E-state index in [1.807, 2.05) is 43.4 Å². The van der Waals surface area contributed by atoms with E-state index in [0.717, 1.165) is 12.0 Å². The number of amides is 1. The van der Waals surface area contributed by atoms with E-state index in [0.29, 0.717) is 5.75 Å². The highest BCUT2D eigenvalue weighted by Crippen LogP contribution is 2.18. The van der Waals surface area contributed by atoms with Crippen LogP contribution in [0.15, 0.2) is 66.9 Å². The summed E-state index contributed by atoms with van der Waals surface area (Å²) >= 11 is 0. The molecule has 0 N–H and O–H groups in total. The van der Waals surface area contributed by atoms with Crippen molar-refractivity contribution in [3.8, 4) is 5.75 Å². The Kier molecular flexibility index (Phi) is 4.18. The number of para-hydroxylation sites is 1. The molecule has 0 fully saturated rings. The standard InChI is InChI=1S/C16H17NO2/c1-13(2)12-14-8-6-7-11-17(14)16(18)19-15-9-4-3-5-10-15/h3-11,14H,1,12H2,2H3. The SMILES string of the molecule is C=C(C)CC1C=CC=CN1C(=O)Oc1ccccc1. The number of ether oxygens (including phenoxy) is 1. The number of carbonyl (C=O) groups excluding carboxylic acids is 1. The Bertz CT molecular complexity index is 517. The average Bonchev–Trinajstić information content (AvgIpc) is 2.39. The predicted octanol–water partition coefficient (Wildman–Crippen LogP) is 3.91. The molecule has 1 unspecified atom stereocenters. The van der Waals surface area contributed by atoms with Gasteiger partial charge in [0.1, 0.15) is 5.75 Å². The lowest BCUT2D eigenvalue weighted by molar-refractivity contribution is 0.161. The van der Waals surface area contributed by atoms with Gasteiger partial charge in [0.2, 0.25) is 0 Å². The summed E-state index contributed by atoms with van der Waals surface area (Å²) < 4.78 is 5.34. The number of carbonyl (C=O) groups is 1. The number of hydrogen-bond donors (Lipinski definition) is 0. The van der Waals surface area contributed by atoms with E-state index in [1.165, 1.54) is 0 Å². The van der Waals surface area contributed by atoms with Crippen molar-refractivity contribution >= 4 is 6.09 Å². The summed E-state index contributed by atoms with van der Waals surface area (Å²) in [5, 5.41) is 0. The van der Waals surface area contributed by atoms with E-state index in [1.54, 1.807) is 23.2 Å². The number of hydrogen-bond acceptors (Lipinski definition) is 2. The van der Waals surface area contributed by atoms with Gasteiger partial charge in [-0.15, -0.1) is 6.58 Å². The van der Waals surface area contributed by atoms with Gasteiger partial charge in [0.15, 0.2) is 0 Å². The summed E-state index contributed by atoms with van der Waals surface area (Å²) in [5.74, 6) is 0.546. The first-order chi connectivity index (χ1) is 9.16. The van der Waals surface area contributed by atoms with Crippen molar-refractivity contribution in [2.45, 2.75) is 19.4 Å². The van der Waals surface area contributed by atoms with Gasteiger partial charge in [-0.05, 0) is 31.6 Å². The second kappa shape index (κ2) is 6.05. The molecule has 98 valence electrons. The Labute approximate surface area is 113 Å². The fraction of sp³-hybridized carbons (Fsp3) is 0.188. The van der Waals surface area contributed by atoms with E-state index in [9.17, 15) is 4.79 Å². The molecule has 3 heteroatoms. The maximum Gasteiger partial charge on any atom is 0.419 e. The van der Waals surface area contributed by atoms with E-state index < -0.39 is 0 Å². The number of allylic oxidation sites excluding steroid dienone is 2. The zero-order valence-corrected chi connectivity index (χ0v) is 11.0. The molecule has 0 saturated carbocycles. The first kappa shape index (κ1) is 13.1. The third kappa shape index (κ3) is 3.58. The molecule has 1 aliphatic rings. The van der Waals surface area contributed by atoms with E-state index in [4.69, 9.17) is 4.74 Å². The minimum atomic E-state index is -0.377. The molecule has 1 amide bonds. The van der Waals surface area contributed by atoms with Gasteiger partial charge < -0.3 is 4.74 Å². The van der Waals surface area contributed by atoms with Crippen LogP contribution in [-0.2, 0) is 0 Å². The molecular weight excluding hydrogens is 238 g/mol. The van der Waals surface area contributed by atoms with E-state index in [2.05, 4.69) is 6.58 Å². The van der Waals surface area contributed by atoms with Gasteiger partial charge in [-0.25, -0.2) is 4.79 Å². The number of nitrogens with zero attached hydrogens (tertiary/aromatic N) is 1. The fourth-order valence-electron chi connectivity index (χ4n) is 1.90. The minimum absolute atomic E-state index is 0.0290. The second-order valence-electron chi connectivity index (χ2n) is 4.54. The van der Waals surface area contributed by atoms with Crippen molar-refractivity contribution < 1.29 is 9.53 Å². The van der Waals surface area contributed by atoms with Crippen molar-refractivity contribution in [2.24, 2.45) is 0 Å². The van der Waals surface area contributed by atoms with Crippen LogP contribution in [0.5, 0.6) is 5.75 Å². The third-order valence-electron chi connectivity index (χ3n) is 2.77. The van der Waals surface area contributed by atoms with Crippen molar-refractivity contribution in [2.75, 3.05) is 0 Å². The van der Waals surface area contributed by atoms with Gasteiger partial charge in [0.25, 0.3) is 0 Å². The van der Waals surface area contributed by atoms with Crippen LogP contribution in [0.3, 0.4) is 0 Å². The average molecular weight is 255 g/mol. The summed E-state index contributed by atoms with van der Waals surface area (Å²) in [5.41, 5.74) is 1.03. The molecule has 1 atom stereocenters. The Hall–Kier alpha value is -2.29. The van der Waals surface area contributed by atoms with Crippen LogP contribution in [0.4, 0.5) is 4.79 Å². The first-order valence-electron chi connectivity index (χ1n) is 6.21. The van der Waals surface area contributed by atoms with Crippen LogP contribution in [0.1, 0.15) is 13.3 Å². The van der Waals surface area contributed by atoms with Crippen LogP contribution >= 0.6 is 0 Å². The van der Waals surface area contributed by atoms with Gasteiger partial charge >= 0.3 is 6.09 Å². The largest absolute Gasteiger partial charge is 0.419 e. The maximum atomic E-state index is 12.1. The summed E-state index contributed by atoms with van der Waals surface area (Å²) in [7, 11) is 0. The van der Waals surface area contributed by atoms with Gasteiger partial charge in [-0.2, -0.15) is 0 Å². The summed E-state index contributed by atoms with van der Waals surface area (Å²) in [4.78, 5) is 13.7. The Morgan fingerprint density at radius 1 is 1.32 bits per heavy atom. The second-order valence-corrected chi connectivity index (χ2v) is 4.54. The molecule has 0 aromatic heterocycles. The Balaban J connectivity index is 2.06. The van der Waals surface area contributed by atoms with Gasteiger partial charge in [0.05, 0.1) is 6.04 Å².